The Labute approximate surface area is 190 Å². The SMILES string of the molecule is C=CCN(C(=O)CSC1=NC2NNCC2C(=O)N1c1ccc(Cl)cc1)c1ccccc1. The predicted octanol–water partition coefficient (Wildman–Crippen LogP) is 3.05. The van der Waals surface area contributed by atoms with Crippen LogP contribution in [0.15, 0.2) is 72.2 Å². The number of rotatable bonds is 6. The Morgan fingerprint density at radius 2 is 2.00 bits per heavy atom. The van der Waals surface area contributed by atoms with Crippen molar-refractivity contribution in [3.8, 4) is 0 Å². The molecule has 0 spiro atoms. The van der Waals surface area contributed by atoms with Crippen LogP contribution in [0.25, 0.3) is 0 Å². The predicted molar refractivity (Wildman–Crippen MR) is 126 cm³/mol. The number of carbonyl (C=O) groups excluding carboxylic acids is 2. The molecule has 0 bridgehead atoms. The average molecular weight is 456 g/mol. The van der Waals surface area contributed by atoms with Gasteiger partial charge in [-0.2, -0.15) is 0 Å². The number of thioether (sulfide) groups is 1. The van der Waals surface area contributed by atoms with Crippen molar-refractivity contribution < 1.29 is 9.59 Å². The molecule has 0 radical (unpaired) electrons. The van der Waals surface area contributed by atoms with Gasteiger partial charge in [0.1, 0.15) is 6.17 Å². The lowest BCUT2D eigenvalue weighted by Gasteiger charge is -2.32. The van der Waals surface area contributed by atoms with E-state index >= 15 is 0 Å². The number of hydrazine groups is 1. The molecule has 31 heavy (non-hydrogen) atoms. The fraction of sp³-hybridized carbons (Fsp3) is 0.227. The number of nitrogens with zero attached hydrogens (tertiary/aromatic N) is 3. The van der Waals surface area contributed by atoms with E-state index in [1.807, 2.05) is 30.3 Å². The molecule has 2 amide bonds. The highest BCUT2D eigenvalue weighted by Gasteiger charge is 2.42. The van der Waals surface area contributed by atoms with E-state index < -0.39 is 0 Å². The zero-order chi connectivity index (χ0) is 21.8. The van der Waals surface area contributed by atoms with Gasteiger partial charge in [-0.05, 0) is 36.4 Å². The van der Waals surface area contributed by atoms with Gasteiger partial charge in [0.25, 0.3) is 0 Å². The number of amides is 2. The molecule has 2 N–H and O–H groups in total. The van der Waals surface area contributed by atoms with Crippen LogP contribution >= 0.6 is 23.4 Å². The van der Waals surface area contributed by atoms with Crippen LogP contribution in [-0.2, 0) is 9.59 Å². The van der Waals surface area contributed by atoms with Gasteiger partial charge >= 0.3 is 0 Å². The van der Waals surface area contributed by atoms with Crippen LogP contribution in [0.4, 0.5) is 11.4 Å². The van der Waals surface area contributed by atoms with E-state index in [0.717, 1.165) is 5.69 Å². The number of hydrogen-bond donors (Lipinski definition) is 2. The van der Waals surface area contributed by atoms with E-state index in [-0.39, 0.29) is 29.7 Å². The maximum absolute atomic E-state index is 13.2. The number of benzene rings is 2. The first-order valence-corrected chi connectivity index (χ1v) is 11.2. The monoisotopic (exact) mass is 455 g/mol. The molecule has 2 atom stereocenters. The average Bonchev–Trinajstić information content (AvgIpc) is 3.26. The summed E-state index contributed by atoms with van der Waals surface area (Å²) in [6.45, 7) is 4.65. The fourth-order valence-corrected chi connectivity index (χ4v) is 4.54. The van der Waals surface area contributed by atoms with Gasteiger partial charge in [-0.1, -0.05) is 47.6 Å². The van der Waals surface area contributed by atoms with Crippen LogP contribution in [0.3, 0.4) is 0 Å². The highest BCUT2D eigenvalue weighted by molar-refractivity contribution is 8.14. The second-order valence-corrected chi connectivity index (χ2v) is 8.43. The number of nitrogens with one attached hydrogen (secondary N) is 2. The Balaban J connectivity index is 1.56. The van der Waals surface area contributed by atoms with Gasteiger partial charge in [-0.15, -0.1) is 6.58 Å². The minimum atomic E-state index is -0.355. The minimum absolute atomic E-state index is 0.0687. The molecular weight excluding hydrogens is 434 g/mol. The molecule has 2 unspecified atom stereocenters. The lowest BCUT2D eigenvalue weighted by Crippen LogP contribution is -2.49. The van der Waals surface area contributed by atoms with Crippen molar-refractivity contribution in [3.05, 3.63) is 72.3 Å². The summed E-state index contributed by atoms with van der Waals surface area (Å²) in [5, 5.41) is 1.06. The zero-order valence-electron chi connectivity index (χ0n) is 16.7. The van der Waals surface area contributed by atoms with Crippen LogP contribution in [-0.4, -0.2) is 42.0 Å². The number of fused-ring (bicyclic) bond motifs is 1. The quantitative estimate of drug-likeness (QED) is 0.655. The zero-order valence-corrected chi connectivity index (χ0v) is 18.3. The third kappa shape index (κ3) is 4.67. The van der Waals surface area contributed by atoms with E-state index in [9.17, 15) is 9.59 Å². The van der Waals surface area contributed by atoms with Crippen molar-refractivity contribution in [3.63, 3.8) is 0 Å². The Morgan fingerprint density at radius 1 is 1.26 bits per heavy atom. The smallest absolute Gasteiger partial charge is 0.241 e. The van der Waals surface area contributed by atoms with Crippen LogP contribution in [0.5, 0.6) is 0 Å². The van der Waals surface area contributed by atoms with Gasteiger partial charge in [0.2, 0.25) is 11.8 Å². The summed E-state index contributed by atoms with van der Waals surface area (Å²) in [6, 6.07) is 16.5. The number of aliphatic imine (C=N–C) groups is 1. The first kappa shape index (κ1) is 21.6. The lowest BCUT2D eigenvalue weighted by molar-refractivity contribution is -0.121. The molecular formula is C22H22ClN5O2S. The number of para-hydroxylation sites is 1. The molecule has 2 aliphatic rings. The summed E-state index contributed by atoms with van der Waals surface area (Å²) in [5.41, 5.74) is 7.49. The topological polar surface area (TPSA) is 77.0 Å². The second-order valence-electron chi connectivity index (χ2n) is 7.06. The van der Waals surface area contributed by atoms with Gasteiger partial charge in [0.05, 0.1) is 17.4 Å². The lowest BCUT2D eigenvalue weighted by atomic mass is 10.0. The molecule has 9 heteroatoms. The Bertz CT molecular complexity index is 999. The van der Waals surface area contributed by atoms with Crippen molar-refractivity contribution in [2.75, 3.05) is 28.6 Å². The Hall–Kier alpha value is -2.65. The summed E-state index contributed by atoms with van der Waals surface area (Å²) in [6.07, 6.45) is 1.34. The van der Waals surface area contributed by atoms with Crippen molar-refractivity contribution >= 4 is 51.7 Å². The summed E-state index contributed by atoms with van der Waals surface area (Å²) < 4.78 is 0. The van der Waals surface area contributed by atoms with E-state index in [4.69, 9.17) is 16.6 Å². The molecule has 1 saturated heterocycles. The molecule has 2 aromatic carbocycles. The number of carbonyl (C=O) groups is 2. The van der Waals surface area contributed by atoms with Gasteiger partial charge in [-0.25, -0.2) is 10.4 Å². The third-order valence-electron chi connectivity index (χ3n) is 5.02. The molecule has 2 aromatic rings. The second kappa shape index (κ2) is 9.65. The Kier molecular flexibility index (Phi) is 6.72. The summed E-state index contributed by atoms with van der Waals surface area (Å²) >= 11 is 7.26. The van der Waals surface area contributed by atoms with Crippen molar-refractivity contribution in [2.45, 2.75) is 6.17 Å². The number of anilines is 2. The highest BCUT2D eigenvalue weighted by Crippen LogP contribution is 2.30. The van der Waals surface area contributed by atoms with Crippen LogP contribution in [0.1, 0.15) is 0 Å². The van der Waals surface area contributed by atoms with E-state index in [1.165, 1.54) is 11.8 Å². The van der Waals surface area contributed by atoms with E-state index in [0.29, 0.717) is 29.0 Å². The van der Waals surface area contributed by atoms with Crippen LogP contribution in [0, 0.1) is 5.92 Å². The number of amidine groups is 1. The standard InChI is InChI=1S/C22H22ClN5O2S/c1-2-12-27(16-6-4-3-5-7-16)19(29)14-31-22-25-20-18(13-24-26-20)21(30)28(22)17-10-8-15(23)9-11-17/h2-11,18,20,24,26H,1,12-14H2. The molecule has 1 fully saturated rings. The van der Waals surface area contributed by atoms with E-state index in [2.05, 4.69) is 17.4 Å². The molecule has 2 heterocycles. The van der Waals surface area contributed by atoms with E-state index in [1.54, 1.807) is 40.1 Å². The fourth-order valence-electron chi connectivity index (χ4n) is 3.49. The molecule has 160 valence electrons. The van der Waals surface area contributed by atoms with Crippen molar-refractivity contribution in [2.24, 2.45) is 10.9 Å². The molecule has 0 aromatic heterocycles. The molecule has 4 rings (SSSR count). The maximum Gasteiger partial charge on any atom is 0.241 e. The molecule has 7 nitrogen and oxygen atoms in total. The normalized spacial score (nSPS) is 20.2. The maximum atomic E-state index is 13.2. The third-order valence-corrected chi connectivity index (χ3v) is 6.21. The van der Waals surface area contributed by atoms with Crippen LogP contribution < -0.4 is 20.7 Å². The highest BCUT2D eigenvalue weighted by atomic mass is 35.5. The van der Waals surface area contributed by atoms with Crippen molar-refractivity contribution in [1.29, 1.82) is 0 Å². The first-order valence-electron chi connectivity index (χ1n) is 9.83. The largest absolute Gasteiger partial charge is 0.308 e. The van der Waals surface area contributed by atoms with Crippen LogP contribution in [0.2, 0.25) is 5.02 Å². The number of hydrogen-bond acceptors (Lipinski definition) is 6. The Morgan fingerprint density at radius 3 is 2.71 bits per heavy atom. The summed E-state index contributed by atoms with van der Waals surface area (Å²) in [7, 11) is 0. The molecule has 0 aliphatic carbocycles. The molecule has 0 saturated carbocycles. The minimum Gasteiger partial charge on any atom is -0.308 e. The first-order chi connectivity index (χ1) is 15.1. The van der Waals surface area contributed by atoms with Crippen molar-refractivity contribution in [1.82, 2.24) is 10.9 Å². The molecule has 2 aliphatic heterocycles. The van der Waals surface area contributed by atoms with Gasteiger partial charge in [-0.3, -0.25) is 19.9 Å². The van der Waals surface area contributed by atoms with Gasteiger partial charge < -0.3 is 4.90 Å². The van der Waals surface area contributed by atoms with Gasteiger partial charge in [0.15, 0.2) is 5.17 Å². The summed E-state index contributed by atoms with van der Waals surface area (Å²) in [5.74, 6) is -0.343. The van der Waals surface area contributed by atoms with Gasteiger partial charge in [0, 0.05) is 23.8 Å². The summed E-state index contributed by atoms with van der Waals surface area (Å²) in [4.78, 5) is 34.2. The number of halogens is 1.